The molecule has 0 aromatic heterocycles. The number of urea groups is 1. The van der Waals surface area contributed by atoms with Crippen LogP contribution < -0.4 is 10.6 Å². The topological polar surface area (TPSA) is 61.4 Å². The quantitative estimate of drug-likeness (QED) is 0.744. The summed E-state index contributed by atoms with van der Waals surface area (Å²) in [7, 11) is 0. The zero-order valence-corrected chi connectivity index (χ0v) is 12.7. The highest BCUT2D eigenvalue weighted by Gasteiger charge is 2.13. The summed E-state index contributed by atoms with van der Waals surface area (Å²) in [5, 5.41) is 14.0. The highest BCUT2D eigenvalue weighted by molar-refractivity contribution is 8.00. The van der Waals surface area contributed by atoms with E-state index in [1.165, 1.54) is 4.90 Å². The van der Waals surface area contributed by atoms with Gasteiger partial charge in [0.15, 0.2) is 0 Å². The van der Waals surface area contributed by atoms with Crippen molar-refractivity contribution in [2.24, 2.45) is 0 Å². The van der Waals surface area contributed by atoms with E-state index in [4.69, 9.17) is 5.11 Å². The number of aliphatic hydroxyl groups is 1. The summed E-state index contributed by atoms with van der Waals surface area (Å²) in [6.07, 6.45) is 0. The zero-order valence-electron chi connectivity index (χ0n) is 11.9. The smallest absolute Gasteiger partial charge is 0.319 e. The molecule has 1 aromatic carbocycles. The third kappa shape index (κ3) is 5.98. The molecule has 0 saturated carbocycles. The molecule has 5 heteroatoms. The summed E-state index contributed by atoms with van der Waals surface area (Å²) in [6, 6.07) is 5.68. The molecule has 0 saturated heterocycles. The van der Waals surface area contributed by atoms with Gasteiger partial charge >= 0.3 is 6.03 Å². The lowest BCUT2D eigenvalue weighted by Crippen LogP contribution is -2.31. The first-order valence-electron chi connectivity index (χ1n) is 6.27. The van der Waals surface area contributed by atoms with Crippen LogP contribution in [-0.4, -0.2) is 29.0 Å². The maximum atomic E-state index is 11.5. The summed E-state index contributed by atoms with van der Waals surface area (Å²) >= 11 is 1.79. The Morgan fingerprint density at radius 2 is 2.05 bits per heavy atom. The minimum Gasteiger partial charge on any atom is -0.395 e. The SMILES string of the molecule is Cc1cc(SC(C)(C)C)ccc1NC(=O)NCCO. The Morgan fingerprint density at radius 1 is 1.37 bits per heavy atom. The summed E-state index contributed by atoms with van der Waals surface area (Å²) < 4.78 is 0.167. The van der Waals surface area contributed by atoms with E-state index in [0.717, 1.165) is 11.3 Å². The second-order valence-corrected chi connectivity index (χ2v) is 7.20. The van der Waals surface area contributed by atoms with Crippen LogP contribution in [0.4, 0.5) is 10.5 Å². The Bertz CT molecular complexity index is 442. The van der Waals surface area contributed by atoms with Crippen LogP contribution in [0, 0.1) is 6.92 Å². The lowest BCUT2D eigenvalue weighted by molar-refractivity contribution is 0.245. The fraction of sp³-hybridized carbons (Fsp3) is 0.500. The third-order valence-corrected chi connectivity index (χ3v) is 3.37. The van der Waals surface area contributed by atoms with Crippen LogP contribution in [0.25, 0.3) is 0 Å². The molecule has 0 fully saturated rings. The van der Waals surface area contributed by atoms with Gasteiger partial charge in [-0.2, -0.15) is 0 Å². The van der Waals surface area contributed by atoms with Crippen LogP contribution in [-0.2, 0) is 0 Å². The van der Waals surface area contributed by atoms with E-state index in [-0.39, 0.29) is 23.9 Å². The number of carbonyl (C=O) groups is 1. The number of amides is 2. The van der Waals surface area contributed by atoms with Crippen molar-refractivity contribution in [3.63, 3.8) is 0 Å². The van der Waals surface area contributed by atoms with Crippen LogP contribution in [0.5, 0.6) is 0 Å². The molecule has 3 N–H and O–H groups in total. The van der Waals surface area contributed by atoms with Gasteiger partial charge in [-0.25, -0.2) is 4.79 Å². The number of anilines is 1. The van der Waals surface area contributed by atoms with Crippen molar-refractivity contribution in [3.8, 4) is 0 Å². The molecule has 0 radical (unpaired) electrons. The minimum absolute atomic E-state index is 0.0619. The van der Waals surface area contributed by atoms with Gasteiger partial charge in [-0.3, -0.25) is 0 Å². The molecular weight excluding hydrogens is 260 g/mol. The van der Waals surface area contributed by atoms with Gasteiger partial charge in [0.25, 0.3) is 0 Å². The Balaban J connectivity index is 2.69. The molecule has 2 amide bonds. The highest BCUT2D eigenvalue weighted by atomic mass is 32.2. The molecular formula is C14H22N2O2S. The maximum absolute atomic E-state index is 11.5. The average molecular weight is 282 g/mol. The molecule has 0 aliphatic rings. The Kier molecular flexibility index (Phi) is 5.69. The summed E-state index contributed by atoms with van der Waals surface area (Å²) in [5.41, 5.74) is 1.81. The minimum atomic E-state index is -0.298. The van der Waals surface area contributed by atoms with Crippen LogP contribution in [0.1, 0.15) is 26.3 Å². The maximum Gasteiger partial charge on any atom is 0.319 e. The average Bonchev–Trinajstić information content (AvgIpc) is 2.28. The number of thioether (sulfide) groups is 1. The Morgan fingerprint density at radius 3 is 2.58 bits per heavy atom. The summed E-state index contributed by atoms with van der Waals surface area (Å²) in [6.45, 7) is 8.66. The van der Waals surface area contributed by atoms with Gasteiger partial charge < -0.3 is 15.7 Å². The van der Waals surface area contributed by atoms with Crippen molar-refractivity contribution in [1.29, 1.82) is 0 Å². The second-order valence-electron chi connectivity index (χ2n) is 5.30. The first-order valence-corrected chi connectivity index (χ1v) is 7.09. The summed E-state index contributed by atoms with van der Waals surface area (Å²) in [4.78, 5) is 12.7. The normalized spacial score (nSPS) is 11.2. The molecule has 0 aliphatic heterocycles. The predicted molar refractivity (Wildman–Crippen MR) is 80.9 cm³/mol. The number of hydrogen-bond acceptors (Lipinski definition) is 3. The Hall–Kier alpha value is -1.20. The fourth-order valence-corrected chi connectivity index (χ4v) is 2.61. The molecule has 19 heavy (non-hydrogen) atoms. The first-order chi connectivity index (χ1) is 8.81. The van der Waals surface area contributed by atoms with Gasteiger partial charge in [0.2, 0.25) is 0 Å². The van der Waals surface area contributed by atoms with Crippen molar-refractivity contribution >= 4 is 23.5 Å². The van der Waals surface area contributed by atoms with E-state index in [2.05, 4.69) is 37.5 Å². The van der Waals surface area contributed by atoms with Crippen LogP contribution >= 0.6 is 11.8 Å². The Labute approximate surface area is 119 Å². The molecule has 0 aliphatic carbocycles. The highest BCUT2D eigenvalue weighted by Crippen LogP contribution is 2.33. The molecule has 0 bridgehead atoms. The number of nitrogens with one attached hydrogen (secondary N) is 2. The van der Waals surface area contributed by atoms with E-state index in [9.17, 15) is 4.79 Å². The standard InChI is InChI=1S/C14H22N2O2S/c1-10-9-11(19-14(2,3)4)5-6-12(10)16-13(18)15-7-8-17/h5-6,9,17H,7-8H2,1-4H3,(H2,15,16,18). The van der Waals surface area contributed by atoms with E-state index in [1.807, 2.05) is 19.1 Å². The van der Waals surface area contributed by atoms with Crippen molar-refractivity contribution < 1.29 is 9.90 Å². The van der Waals surface area contributed by atoms with Gasteiger partial charge in [0, 0.05) is 21.9 Å². The third-order valence-electron chi connectivity index (χ3n) is 2.27. The van der Waals surface area contributed by atoms with E-state index < -0.39 is 0 Å². The number of hydrogen-bond donors (Lipinski definition) is 3. The van der Waals surface area contributed by atoms with Gasteiger partial charge in [0.05, 0.1) is 6.61 Å². The van der Waals surface area contributed by atoms with Gasteiger partial charge in [-0.1, -0.05) is 20.8 Å². The molecule has 1 aromatic rings. The number of aryl methyl sites for hydroxylation is 1. The number of rotatable bonds is 4. The first kappa shape index (κ1) is 15.9. The van der Waals surface area contributed by atoms with Crippen molar-refractivity contribution in [3.05, 3.63) is 23.8 Å². The van der Waals surface area contributed by atoms with Crippen LogP contribution in [0.2, 0.25) is 0 Å². The van der Waals surface area contributed by atoms with E-state index in [0.29, 0.717) is 0 Å². The molecule has 0 spiro atoms. The zero-order chi connectivity index (χ0) is 14.5. The second kappa shape index (κ2) is 6.82. The number of carbonyl (C=O) groups excluding carboxylic acids is 1. The lowest BCUT2D eigenvalue weighted by Gasteiger charge is -2.18. The molecule has 1 rings (SSSR count). The largest absolute Gasteiger partial charge is 0.395 e. The van der Waals surface area contributed by atoms with Gasteiger partial charge in [-0.15, -0.1) is 11.8 Å². The lowest BCUT2D eigenvalue weighted by atomic mass is 10.2. The van der Waals surface area contributed by atoms with E-state index in [1.54, 1.807) is 11.8 Å². The van der Waals surface area contributed by atoms with Crippen molar-refractivity contribution in [2.45, 2.75) is 37.3 Å². The monoisotopic (exact) mass is 282 g/mol. The molecule has 106 valence electrons. The van der Waals surface area contributed by atoms with Crippen LogP contribution in [0.15, 0.2) is 23.1 Å². The molecule has 0 unspecified atom stereocenters. The van der Waals surface area contributed by atoms with Crippen molar-refractivity contribution in [2.75, 3.05) is 18.5 Å². The molecule has 4 nitrogen and oxygen atoms in total. The fourth-order valence-electron chi connectivity index (χ4n) is 1.53. The number of aliphatic hydroxyl groups excluding tert-OH is 1. The molecule has 0 heterocycles. The predicted octanol–water partition coefficient (Wildman–Crippen LogP) is 3.00. The number of benzene rings is 1. The summed E-state index contributed by atoms with van der Waals surface area (Å²) in [5.74, 6) is 0. The van der Waals surface area contributed by atoms with Gasteiger partial charge in [0.1, 0.15) is 0 Å². The van der Waals surface area contributed by atoms with E-state index >= 15 is 0 Å². The van der Waals surface area contributed by atoms with Crippen LogP contribution in [0.3, 0.4) is 0 Å². The van der Waals surface area contributed by atoms with Crippen molar-refractivity contribution in [1.82, 2.24) is 5.32 Å². The molecule has 0 atom stereocenters. The van der Waals surface area contributed by atoms with Gasteiger partial charge in [-0.05, 0) is 30.7 Å².